The van der Waals surface area contributed by atoms with Gasteiger partial charge in [0.1, 0.15) is 0 Å². The van der Waals surface area contributed by atoms with Crippen LogP contribution in [0.25, 0.3) is 0 Å². The standard InChI is InChI=1S/C10H22N2/c1-8(2)12(3)10-6-4-9(11)5-7-10/h8-10H,4-7,11H2,1-3H3. The monoisotopic (exact) mass is 170 g/mol. The Morgan fingerprint density at radius 2 is 1.67 bits per heavy atom. The van der Waals surface area contributed by atoms with Crippen molar-refractivity contribution < 1.29 is 0 Å². The molecule has 0 unspecified atom stereocenters. The van der Waals surface area contributed by atoms with Gasteiger partial charge in [0.2, 0.25) is 0 Å². The first-order valence-corrected chi connectivity index (χ1v) is 5.08. The Morgan fingerprint density at radius 1 is 1.17 bits per heavy atom. The van der Waals surface area contributed by atoms with Gasteiger partial charge in [-0.1, -0.05) is 0 Å². The van der Waals surface area contributed by atoms with Gasteiger partial charge in [0.05, 0.1) is 0 Å². The van der Waals surface area contributed by atoms with Crippen LogP contribution in [0.1, 0.15) is 39.5 Å². The van der Waals surface area contributed by atoms with E-state index in [0.29, 0.717) is 12.1 Å². The van der Waals surface area contributed by atoms with Crippen LogP contribution >= 0.6 is 0 Å². The summed E-state index contributed by atoms with van der Waals surface area (Å²) in [6.07, 6.45) is 5.00. The normalized spacial score (nSPS) is 31.5. The maximum absolute atomic E-state index is 5.85. The van der Waals surface area contributed by atoms with E-state index in [4.69, 9.17) is 5.73 Å². The first-order chi connectivity index (χ1) is 5.61. The van der Waals surface area contributed by atoms with Crippen LogP contribution in [0.3, 0.4) is 0 Å². The highest BCUT2D eigenvalue weighted by molar-refractivity contribution is 4.80. The zero-order chi connectivity index (χ0) is 9.14. The molecule has 12 heavy (non-hydrogen) atoms. The molecule has 1 fully saturated rings. The zero-order valence-corrected chi connectivity index (χ0v) is 8.59. The molecule has 72 valence electrons. The largest absolute Gasteiger partial charge is 0.328 e. The van der Waals surface area contributed by atoms with E-state index in [-0.39, 0.29) is 0 Å². The second-order valence-corrected chi connectivity index (χ2v) is 4.33. The fraction of sp³-hybridized carbons (Fsp3) is 1.00. The second-order valence-electron chi connectivity index (χ2n) is 4.33. The van der Waals surface area contributed by atoms with Gasteiger partial charge >= 0.3 is 0 Å². The van der Waals surface area contributed by atoms with Crippen molar-refractivity contribution in [3.63, 3.8) is 0 Å². The van der Waals surface area contributed by atoms with Gasteiger partial charge in [-0.15, -0.1) is 0 Å². The minimum Gasteiger partial charge on any atom is -0.328 e. The molecule has 0 atom stereocenters. The molecule has 1 aliphatic carbocycles. The predicted octanol–water partition coefficient (Wildman–Crippen LogP) is 1.60. The topological polar surface area (TPSA) is 29.3 Å². The number of hydrogen-bond donors (Lipinski definition) is 1. The fourth-order valence-electron chi connectivity index (χ4n) is 1.93. The van der Waals surface area contributed by atoms with Crippen LogP contribution in [0.5, 0.6) is 0 Å². The van der Waals surface area contributed by atoms with E-state index in [1.54, 1.807) is 0 Å². The minimum atomic E-state index is 0.474. The van der Waals surface area contributed by atoms with Crippen LogP contribution in [0.2, 0.25) is 0 Å². The third kappa shape index (κ3) is 2.46. The van der Waals surface area contributed by atoms with Gasteiger partial charge in [-0.3, -0.25) is 0 Å². The van der Waals surface area contributed by atoms with Gasteiger partial charge in [-0.25, -0.2) is 0 Å². The van der Waals surface area contributed by atoms with Gasteiger partial charge in [0.15, 0.2) is 0 Å². The van der Waals surface area contributed by atoms with Crippen LogP contribution < -0.4 is 5.73 Å². The lowest BCUT2D eigenvalue weighted by molar-refractivity contribution is 0.149. The van der Waals surface area contributed by atoms with E-state index in [0.717, 1.165) is 6.04 Å². The molecule has 0 aromatic heterocycles. The number of hydrogen-bond acceptors (Lipinski definition) is 2. The summed E-state index contributed by atoms with van der Waals surface area (Å²) < 4.78 is 0. The summed E-state index contributed by atoms with van der Waals surface area (Å²) in [7, 11) is 2.23. The SMILES string of the molecule is CC(C)N(C)C1CCC(N)CC1. The molecule has 0 aliphatic heterocycles. The van der Waals surface area contributed by atoms with Crippen molar-refractivity contribution in [1.82, 2.24) is 4.90 Å². The number of rotatable bonds is 2. The van der Waals surface area contributed by atoms with Crippen LogP contribution in [0, 0.1) is 0 Å². The molecule has 0 amide bonds. The van der Waals surface area contributed by atoms with Gasteiger partial charge in [0.25, 0.3) is 0 Å². The van der Waals surface area contributed by atoms with Crippen LogP contribution in [-0.2, 0) is 0 Å². The Kier molecular flexibility index (Phi) is 3.53. The van der Waals surface area contributed by atoms with E-state index < -0.39 is 0 Å². The highest BCUT2D eigenvalue weighted by Gasteiger charge is 2.22. The Bertz CT molecular complexity index is 126. The van der Waals surface area contributed by atoms with Crippen molar-refractivity contribution in [2.24, 2.45) is 5.73 Å². The van der Waals surface area contributed by atoms with Crippen molar-refractivity contribution in [3.05, 3.63) is 0 Å². The van der Waals surface area contributed by atoms with Crippen LogP contribution in [0.4, 0.5) is 0 Å². The van der Waals surface area contributed by atoms with Gasteiger partial charge in [-0.05, 0) is 46.6 Å². The Morgan fingerprint density at radius 3 is 2.08 bits per heavy atom. The van der Waals surface area contributed by atoms with Crippen molar-refractivity contribution in [1.29, 1.82) is 0 Å². The average molecular weight is 170 g/mol. The summed E-state index contributed by atoms with van der Waals surface area (Å²) in [6, 6.07) is 1.93. The maximum atomic E-state index is 5.85. The molecule has 2 heteroatoms. The highest BCUT2D eigenvalue weighted by Crippen LogP contribution is 2.22. The Labute approximate surface area is 76.1 Å². The lowest BCUT2D eigenvalue weighted by Gasteiger charge is -2.35. The molecule has 1 saturated carbocycles. The summed E-state index contributed by atoms with van der Waals surface area (Å²) in [5, 5.41) is 0. The zero-order valence-electron chi connectivity index (χ0n) is 8.59. The molecule has 0 aromatic carbocycles. The molecule has 0 radical (unpaired) electrons. The van der Waals surface area contributed by atoms with Crippen molar-refractivity contribution in [2.45, 2.75) is 57.7 Å². The van der Waals surface area contributed by atoms with E-state index in [1.807, 2.05) is 0 Å². The van der Waals surface area contributed by atoms with E-state index in [1.165, 1.54) is 25.7 Å². The van der Waals surface area contributed by atoms with E-state index >= 15 is 0 Å². The molecular weight excluding hydrogens is 148 g/mol. The van der Waals surface area contributed by atoms with E-state index in [2.05, 4.69) is 25.8 Å². The van der Waals surface area contributed by atoms with Gasteiger partial charge in [0, 0.05) is 18.1 Å². The summed E-state index contributed by atoms with van der Waals surface area (Å²) >= 11 is 0. The second kappa shape index (κ2) is 4.24. The van der Waals surface area contributed by atoms with Gasteiger partial charge < -0.3 is 10.6 Å². The summed E-state index contributed by atoms with van der Waals surface area (Å²) in [4.78, 5) is 2.48. The fourth-order valence-corrected chi connectivity index (χ4v) is 1.93. The molecular formula is C10H22N2. The molecule has 0 aromatic rings. The van der Waals surface area contributed by atoms with Crippen LogP contribution in [0.15, 0.2) is 0 Å². The summed E-state index contributed by atoms with van der Waals surface area (Å²) in [5.41, 5.74) is 5.85. The lowest BCUT2D eigenvalue weighted by atomic mass is 9.90. The first kappa shape index (κ1) is 10.0. The smallest absolute Gasteiger partial charge is 0.00960 e. The third-order valence-electron chi connectivity index (χ3n) is 3.13. The maximum Gasteiger partial charge on any atom is 0.00960 e. The molecule has 1 rings (SSSR count). The van der Waals surface area contributed by atoms with Crippen molar-refractivity contribution >= 4 is 0 Å². The lowest BCUT2D eigenvalue weighted by Crippen LogP contribution is -2.41. The van der Waals surface area contributed by atoms with Gasteiger partial charge in [-0.2, -0.15) is 0 Å². The van der Waals surface area contributed by atoms with Crippen molar-refractivity contribution in [3.8, 4) is 0 Å². The number of nitrogens with two attached hydrogens (primary N) is 1. The molecule has 0 heterocycles. The highest BCUT2D eigenvalue weighted by atomic mass is 15.1. The molecule has 0 spiro atoms. The molecule has 2 N–H and O–H groups in total. The first-order valence-electron chi connectivity index (χ1n) is 5.08. The Hall–Kier alpha value is -0.0800. The summed E-state index contributed by atoms with van der Waals surface area (Å²) in [5.74, 6) is 0. The quantitative estimate of drug-likeness (QED) is 0.682. The average Bonchev–Trinajstić information content (AvgIpc) is 2.04. The summed E-state index contributed by atoms with van der Waals surface area (Å²) in [6.45, 7) is 4.52. The molecule has 0 saturated heterocycles. The Balaban J connectivity index is 2.34. The minimum absolute atomic E-state index is 0.474. The van der Waals surface area contributed by atoms with E-state index in [9.17, 15) is 0 Å². The third-order valence-corrected chi connectivity index (χ3v) is 3.13. The molecule has 0 bridgehead atoms. The molecule has 1 aliphatic rings. The van der Waals surface area contributed by atoms with Crippen LogP contribution in [-0.4, -0.2) is 30.1 Å². The number of nitrogens with zero attached hydrogens (tertiary/aromatic N) is 1. The molecule has 2 nitrogen and oxygen atoms in total. The van der Waals surface area contributed by atoms with Crippen molar-refractivity contribution in [2.75, 3.05) is 7.05 Å². The predicted molar refractivity (Wildman–Crippen MR) is 53.1 cm³/mol.